The molecule has 2 aromatic carbocycles. The van der Waals surface area contributed by atoms with E-state index in [1.807, 2.05) is 23.1 Å². The number of amides is 1. The molecule has 4 rings (SSSR count). The van der Waals surface area contributed by atoms with Gasteiger partial charge in [0.25, 0.3) is 0 Å². The van der Waals surface area contributed by atoms with E-state index in [4.69, 9.17) is 4.84 Å². The number of carbonyl (C=O) groups is 1. The van der Waals surface area contributed by atoms with Gasteiger partial charge in [0, 0.05) is 18.9 Å². The molecule has 1 aliphatic carbocycles. The number of carbonyl (C=O) groups excluding carboxylic acids is 1. The van der Waals surface area contributed by atoms with E-state index in [0.717, 1.165) is 36.1 Å². The van der Waals surface area contributed by atoms with Crippen LogP contribution < -0.4 is 0 Å². The number of oxime groups is 1. The van der Waals surface area contributed by atoms with Gasteiger partial charge in [-0.2, -0.15) is 0 Å². The number of hydrogen-bond acceptors (Lipinski definition) is 3. The minimum absolute atomic E-state index is 0.0716. The zero-order chi connectivity index (χ0) is 17.9. The minimum Gasteiger partial charge on any atom is -0.390 e. The third-order valence-corrected chi connectivity index (χ3v) is 5.00. The Morgan fingerprint density at radius 3 is 2.54 bits per heavy atom. The summed E-state index contributed by atoms with van der Waals surface area (Å²) < 4.78 is 0. The highest BCUT2D eigenvalue weighted by Crippen LogP contribution is 2.32. The molecule has 1 heterocycles. The quantitative estimate of drug-likeness (QED) is 0.794. The van der Waals surface area contributed by atoms with Gasteiger partial charge in [0.2, 0.25) is 5.91 Å². The monoisotopic (exact) mass is 348 g/mol. The largest absolute Gasteiger partial charge is 0.390 e. The van der Waals surface area contributed by atoms with Crippen molar-refractivity contribution in [2.45, 2.75) is 38.8 Å². The molecule has 1 amide bonds. The van der Waals surface area contributed by atoms with E-state index in [1.165, 1.54) is 5.56 Å². The summed E-state index contributed by atoms with van der Waals surface area (Å²) in [7, 11) is 0. The van der Waals surface area contributed by atoms with E-state index in [1.54, 1.807) is 0 Å². The standard InChI is InChI=1S/C22H24N2O2/c1-16-7-9-18(10-8-16)21-13-20(26-23-21)15-24(22(25)19-11-12-19)14-17-5-3-2-4-6-17/h2-10,19-20H,11-15H2,1H3/t20-/m0/s1. The molecule has 134 valence electrons. The third kappa shape index (κ3) is 3.96. The van der Waals surface area contributed by atoms with Crippen LogP contribution in [0.25, 0.3) is 0 Å². The van der Waals surface area contributed by atoms with Gasteiger partial charge in [0.1, 0.15) is 0 Å². The van der Waals surface area contributed by atoms with E-state index >= 15 is 0 Å². The molecule has 0 bridgehead atoms. The predicted octanol–water partition coefficient (Wildman–Crippen LogP) is 3.93. The number of rotatable bonds is 6. The first kappa shape index (κ1) is 16.8. The molecule has 0 N–H and O–H groups in total. The van der Waals surface area contributed by atoms with Crippen molar-refractivity contribution in [3.8, 4) is 0 Å². The third-order valence-electron chi connectivity index (χ3n) is 5.00. The lowest BCUT2D eigenvalue weighted by atomic mass is 10.0. The Morgan fingerprint density at radius 1 is 1.12 bits per heavy atom. The van der Waals surface area contributed by atoms with Crippen LogP contribution in [0.15, 0.2) is 59.8 Å². The highest BCUT2D eigenvalue weighted by atomic mass is 16.6. The predicted molar refractivity (Wildman–Crippen MR) is 102 cm³/mol. The van der Waals surface area contributed by atoms with Crippen LogP contribution in [0.1, 0.15) is 36.0 Å². The summed E-state index contributed by atoms with van der Waals surface area (Å²) in [5.74, 6) is 0.457. The van der Waals surface area contributed by atoms with Gasteiger partial charge in [-0.15, -0.1) is 0 Å². The highest BCUT2D eigenvalue weighted by Gasteiger charge is 2.35. The van der Waals surface area contributed by atoms with Crippen molar-refractivity contribution in [2.75, 3.05) is 6.54 Å². The van der Waals surface area contributed by atoms with Crippen molar-refractivity contribution < 1.29 is 9.63 Å². The van der Waals surface area contributed by atoms with Gasteiger partial charge in [-0.1, -0.05) is 65.3 Å². The average Bonchev–Trinajstić information content (AvgIpc) is 3.41. The van der Waals surface area contributed by atoms with E-state index in [9.17, 15) is 4.79 Å². The maximum Gasteiger partial charge on any atom is 0.226 e. The van der Waals surface area contributed by atoms with Crippen molar-refractivity contribution in [1.29, 1.82) is 0 Å². The van der Waals surface area contributed by atoms with Gasteiger partial charge in [-0.25, -0.2) is 0 Å². The Morgan fingerprint density at radius 2 is 1.85 bits per heavy atom. The topological polar surface area (TPSA) is 41.9 Å². The molecule has 0 unspecified atom stereocenters. The maximum absolute atomic E-state index is 12.7. The van der Waals surface area contributed by atoms with Crippen molar-refractivity contribution in [2.24, 2.45) is 11.1 Å². The van der Waals surface area contributed by atoms with Crippen LogP contribution >= 0.6 is 0 Å². The highest BCUT2D eigenvalue weighted by molar-refractivity contribution is 6.01. The van der Waals surface area contributed by atoms with Crippen LogP contribution in [0.4, 0.5) is 0 Å². The Hall–Kier alpha value is -2.62. The first-order chi connectivity index (χ1) is 12.7. The Labute approximate surface area is 154 Å². The fraction of sp³-hybridized carbons (Fsp3) is 0.364. The van der Waals surface area contributed by atoms with Gasteiger partial charge < -0.3 is 9.74 Å². The molecule has 1 saturated carbocycles. The summed E-state index contributed by atoms with van der Waals surface area (Å²) in [6.07, 6.45) is 2.70. The zero-order valence-corrected chi connectivity index (χ0v) is 15.1. The van der Waals surface area contributed by atoms with Crippen LogP contribution in [0.3, 0.4) is 0 Å². The summed E-state index contributed by atoms with van der Waals surface area (Å²) >= 11 is 0. The second-order valence-electron chi connectivity index (χ2n) is 7.31. The minimum atomic E-state index is -0.0716. The Balaban J connectivity index is 1.41. The molecule has 0 spiro atoms. The molecule has 2 aliphatic rings. The van der Waals surface area contributed by atoms with Gasteiger partial charge >= 0.3 is 0 Å². The lowest BCUT2D eigenvalue weighted by Gasteiger charge is -2.25. The van der Waals surface area contributed by atoms with Gasteiger partial charge in [0.15, 0.2) is 6.10 Å². The van der Waals surface area contributed by atoms with E-state index in [-0.39, 0.29) is 17.9 Å². The fourth-order valence-electron chi connectivity index (χ4n) is 3.31. The zero-order valence-electron chi connectivity index (χ0n) is 15.1. The molecule has 1 atom stereocenters. The molecule has 0 radical (unpaired) electrons. The van der Waals surface area contributed by atoms with Gasteiger partial charge in [0.05, 0.1) is 12.3 Å². The van der Waals surface area contributed by atoms with Crippen LogP contribution in [-0.2, 0) is 16.2 Å². The first-order valence-electron chi connectivity index (χ1n) is 9.31. The van der Waals surface area contributed by atoms with Crippen molar-refractivity contribution in [3.05, 3.63) is 71.3 Å². The van der Waals surface area contributed by atoms with E-state index < -0.39 is 0 Å². The number of hydrogen-bond donors (Lipinski definition) is 0. The van der Waals surface area contributed by atoms with Crippen molar-refractivity contribution >= 4 is 11.6 Å². The SMILES string of the molecule is Cc1ccc(C2=NO[C@H](CN(Cc3ccccc3)C(=O)C3CC3)C2)cc1. The van der Waals surface area contributed by atoms with Crippen molar-refractivity contribution in [1.82, 2.24) is 4.90 Å². The van der Waals surface area contributed by atoms with Gasteiger partial charge in [-0.3, -0.25) is 4.79 Å². The second-order valence-corrected chi connectivity index (χ2v) is 7.31. The normalized spacial score (nSPS) is 19.0. The molecule has 2 aromatic rings. The second kappa shape index (κ2) is 7.32. The van der Waals surface area contributed by atoms with E-state index in [2.05, 4.69) is 48.5 Å². The summed E-state index contributed by atoms with van der Waals surface area (Å²) in [5, 5.41) is 4.28. The molecule has 0 saturated heterocycles. The molecule has 1 fully saturated rings. The molecular formula is C22H24N2O2. The molecule has 4 heteroatoms. The smallest absolute Gasteiger partial charge is 0.226 e. The van der Waals surface area contributed by atoms with Crippen LogP contribution in [-0.4, -0.2) is 29.2 Å². The summed E-state index contributed by atoms with van der Waals surface area (Å²) in [6, 6.07) is 18.5. The first-order valence-corrected chi connectivity index (χ1v) is 9.31. The lowest BCUT2D eigenvalue weighted by molar-refractivity contribution is -0.135. The molecule has 4 nitrogen and oxygen atoms in total. The number of aryl methyl sites for hydroxylation is 1. The summed E-state index contributed by atoms with van der Waals surface area (Å²) in [6.45, 7) is 3.30. The summed E-state index contributed by atoms with van der Waals surface area (Å²) in [4.78, 5) is 20.3. The lowest BCUT2D eigenvalue weighted by Crippen LogP contribution is -2.38. The Kier molecular flexibility index (Phi) is 4.74. The average molecular weight is 348 g/mol. The van der Waals surface area contributed by atoms with Gasteiger partial charge in [-0.05, 0) is 30.9 Å². The van der Waals surface area contributed by atoms with Crippen LogP contribution in [0.5, 0.6) is 0 Å². The molecule has 1 aliphatic heterocycles. The molecule has 26 heavy (non-hydrogen) atoms. The van der Waals surface area contributed by atoms with Crippen LogP contribution in [0.2, 0.25) is 0 Å². The van der Waals surface area contributed by atoms with E-state index in [0.29, 0.717) is 13.1 Å². The van der Waals surface area contributed by atoms with Crippen molar-refractivity contribution in [3.63, 3.8) is 0 Å². The molecule has 0 aromatic heterocycles. The number of nitrogens with zero attached hydrogens (tertiary/aromatic N) is 2. The molecular weight excluding hydrogens is 324 g/mol. The summed E-state index contributed by atoms with van der Waals surface area (Å²) in [5.41, 5.74) is 4.45. The Bertz CT molecular complexity index is 795. The maximum atomic E-state index is 12.7. The van der Waals surface area contributed by atoms with Crippen LogP contribution in [0, 0.1) is 12.8 Å². The fourth-order valence-corrected chi connectivity index (χ4v) is 3.31. The number of benzene rings is 2.